The van der Waals surface area contributed by atoms with E-state index in [1.165, 1.54) is 0 Å². The lowest BCUT2D eigenvalue weighted by atomic mass is 10.0. The molecule has 2 aliphatic heterocycles. The van der Waals surface area contributed by atoms with Crippen molar-refractivity contribution in [3.8, 4) is 0 Å². The second kappa shape index (κ2) is 6.50. The normalized spacial score (nSPS) is 30.4. The Hall–Kier alpha value is -0.650. The number of ether oxygens (including phenoxy) is 1. The molecular weight excluding hydrogens is 230 g/mol. The first kappa shape index (κ1) is 13.8. The molecule has 2 saturated heterocycles. The molecule has 0 saturated carbocycles. The van der Waals surface area contributed by atoms with Gasteiger partial charge in [-0.1, -0.05) is 0 Å². The summed E-state index contributed by atoms with van der Waals surface area (Å²) in [6.45, 7) is 8.08. The number of hydrogen-bond acceptors (Lipinski definition) is 4. The van der Waals surface area contributed by atoms with Gasteiger partial charge in [-0.05, 0) is 26.3 Å². The quantitative estimate of drug-likeness (QED) is 0.765. The van der Waals surface area contributed by atoms with Crippen LogP contribution in [-0.2, 0) is 9.53 Å². The first-order valence-corrected chi connectivity index (χ1v) is 7.05. The van der Waals surface area contributed by atoms with Crippen LogP contribution < -0.4 is 5.73 Å². The van der Waals surface area contributed by atoms with Gasteiger partial charge in [0.25, 0.3) is 0 Å². The molecule has 2 rings (SSSR count). The zero-order chi connectivity index (χ0) is 13.0. The fraction of sp³-hybridized carbons (Fsp3) is 0.923. The molecule has 2 atom stereocenters. The average Bonchev–Trinajstić information content (AvgIpc) is 2.64. The number of rotatable bonds is 3. The van der Waals surface area contributed by atoms with Crippen molar-refractivity contribution in [2.24, 2.45) is 11.7 Å². The van der Waals surface area contributed by atoms with E-state index in [2.05, 4.69) is 4.90 Å². The smallest absolute Gasteiger partial charge is 0.228 e. The molecule has 0 aliphatic carbocycles. The molecule has 2 N–H and O–H groups in total. The van der Waals surface area contributed by atoms with Crippen molar-refractivity contribution in [1.29, 1.82) is 0 Å². The summed E-state index contributed by atoms with van der Waals surface area (Å²) in [4.78, 5) is 16.8. The molecule has 0 bridgehead atoms. The second-order valence-electron chi connectivity index (χ2n) is 5.28. The van der Waals surface area contributed by atoms with E-state index < -0.39 is 0 Å². The minimum Gasteiger partial charge on any atom is -0.378 e. The van der Waals surface area contributed by atoms with Crippen molar-refractivity contribution >= 4 is 5.91 Å². The maximum atomic E-state index is 12.4. The molecule has 5 heteroatoms. The molecule has 104 valence electrons. The molecule has 5 nitrogen and oxygen atoms in total. The molecule has 2 heterocycles. The zero-order valence-corrected chi connectivity index (χ0v) is 11.3. The lowest BCUT2D eigenvalue weighted by Crippen LogP contribution is -2.41. The fourth-order valence-corrected chi connectivity index (χ4v) is 2.89. The summed E-state index contributed by atoms with van der Waals surface area (Å²) in [5.41, 5.74) is 5.58. The third-order valence-electron chi connectivity index (χ3n) is 4.04. The Morgan fingerprint density at radius 1 is 1.33 bits per heavy atom. The Bertz CT molecular complexity index is 285. The number of hydrogen-bond donors (Lipinski definition) is 1. The van der Waals surface area contributed by atoms with E-state index in [-0.39, 0.29) is 17.9 Å². The summed E-state index contributed by atoms with van der Waals surface area (Å²) in [7, 11) is 0. The average molecular weight is 255 g/mol. The lowest BCUT2D eigenvalue weighted by Gasteiger charge is -2.25. The van der Waals surface area contributed by atoms with E-state index in [0.29, 0.717) is 6.54 Å². The second-order valence-corrected chi connectivity index (χ2v) is 5.28. The Morgan fingerprint density at radius 3 is 2.83 bits per heavy atom. The highest BCUT2D eigenvalue weighted by Gasteiger charge is 2.34. The number of amides is 1. The van der Waals surface area contributed by atoms with Gasteiger partial charge in [0.2, 0.25) is 5.91 Å². The van der Waals surface area contributed by atoms with Gasteiger partial charge in [-0.3, -0.25) is 4.79 Å². The van der Waals surface area contributed by atoms with E-state index in [9.17, 15) is 4.79 Å². The van der Waals surface area contributed by atoms with Gasteiger partial charge < -0.3 is 20.3 Å². The number of nitrogens with zero attached hydrogens (tertiary/aromatic N) is 2. The van der Waals surface area contributed by atoms with Gasteiger partial charge in [0.1, 0.15) is 0 Å². The first-order valence-electron chi connectivity index (χ1n) is 7.05. The fourth-order valence-electron chi connectivity index (χ4n) is 2.89. The Balaban J connectivity index is 1.87. The number of carbonyl (C=O) groups is 1. The van der Waals surface area contributed by atoms with Gasteiger partial charge in [0.05, 0.1) is 12.0 Å². The topological polar surface area (TPSA) is 58.8 Å². The lowest BCUT2D eigenvalue weighted by molar-refractivity contribution is -0.136. The van der Waals surface area contributed by atoms with E-state index >= 15 is 0 Å². The Morgan fingerprint density at radius 2 is 2.17 bits per heavy atom. The van der Waals surface area contributed by atoms with Crippen LogP contribution in [0.1, 0.15) is 19.8 Å². The summed E-state index contributed by atoms with van der Waals surface area (Å²) in [5, 5.41) is 0. The first-order chi connectivity index (χ1) is 8.72. The van der Waals surface area contributed by atoms with Crippen LogP contribution in [0.3, 0.4) is 0 Å². The highest BCUT2D eigenvalue weighted by atomic mass is 16.5. The van der Waals surface area contributed by atoms with E-state index in [0.717, 1.165) is 52.2 Å². The van der Waals surface area contributed by atoms with Crippen molar-refractivity contribution < 1.29 is 9.53 Å². The molecule has 18 heavy (non-hydrogen) atoms. The molecule has 0 spiro atoms. The van der Waals surface area contributed by atoms with Crippen LogP contribution in [0.15, 0.2) is 0 Å². The van der Waals surface area contributed by atoms with E-state index in [4.69, 9.17) is 10.5 Å². The molecule has 0 radical (unpaired) electrons. The summed E-state index contributed by atoms with van der Waals surface area (Å²) < 4.78 is 5.49. The van der Waals surface area contributed by atoms with Crippen LogP contribution in [0.4, 0.5) is 0 Å². The summed E-state index contributed by atoms with van der Waals surface area (Å²) in [6.07, 6.45) is 2.01. The van der Waals surface area contributed by atoms with Crippen molar-refractivity contribution in [2.45, 2.75) is 25.9 Å². The minimum atomic E-state index is 0.0751. The predicted molar refractivity (Wildman–Crippen MR) is 70.2 cm³/mol. The van der Waals surface area contributed by atoms with Crippen molar-refractivity contribution in [3.05, 3.63) is 0 Å². The number of carbonyl (C=O) groups excluding carboxylic acids is 1. The van der Waals surface area contributed by atoms with Gasteiger partial charge >= 0.3 is 0 Å². The summed E-state index contributed by atoms with van der Waals surface area (Å²) in [6, 6.07) is 0. The summed E-state index contributed by atoms with van der Waals surface area (Å²) >= 11 is 0. The molecule has 0 aromatic heterocycles. The molecule has 2 aliphatic rings. The third-order valence-corrected chi connectivity index (χ3v) is 4.04. The van der Waals surface area contributed by atoms with Crippen LogP contribution in [0, 0.1) is 5.92 Å². The van der Waals surface area contributed by atoms with Crippen molar-refractivity contribution in [1.82, 2.24) is 9.80 Å². The predicted octanol–water partition coefficient (Wildman–Crippen LogP) is -0.0956. The monoisotopic (exact) mass is 255 g/mol. The Kier molecular flexibility index (Phi) is 4.97. The number of nitrogens with two attached hydrogens (primary N) is 1. The van der Waals surface area contributed by atoms with Crippen LogP contribution in [-0.4, -0.2) is 67.7 Å². The standard InChI is InChI=1S/C13H25N3O2/c1-11-12(3-10-18-11)13(17)16-6-2-5-15(7-4-14)8-9-16/h11-12H,2-10,14H2,1H3. The van der Waals surface area contributed by atoms with E-state index in [1.807, 2.05) is 11.8 Å². The maximum Gasteiger partial charge on any atom is 0.228 e. The van der Waals surface area contributed by atoms with Gasteiger partial charge in [0, 0.05) is 39.3 Å². The highest BCUT2D eigenvalue weighted by molar-refractivity contribution is 5.79. The van der Waals surface area contributed by atoms with Crippen LogP contribution in [0.25, 0.3) is 0 Å². The largest absolute Gasteiger partial charge is 0.378 e. The molecule has 0 aromatic carbocycles. The molecule has 2 unspecified atom stereocenters. The zero-order valence-electron chi connectivity index (χ0n) is 11.3. The van der Waals surface area contributed by atoms with Gasteiger partial charge in [-0.25, -0.2) is 0 Å². The van der Waals surface area contributed by atoms with Crippen LogP contribution in [0.5, 0.6) is 0 Å². The van der Waals surface area contributed by atoms with Gasteiger partial charge in [-0.15, -0.1) is 0 Å². The molecular formula is C13H25N3O2. The van der Waals surface area contributed by atoms with Gasteiger partial charge in [0.15, 0.2) is 0 Å². The Labute approximate surface area is 109 Å². The maximum absolute atomic E-state index is 12.4. The molecule has 0 aromatic rings. The molecule has 1 amide bonds. The van der Waals surface area contributed by atoms with Crippen LogP contribution >= 0.6 is 0 Å². The van der Waals surface area contributed by atoms with Gasteiger partial charge in [-0.2, -0.15) is 0 Å². The van der Waals surface area contributed by atoms with E-state index in [1.54, 1.807) is 0 Å². The SMILES string of the molecule is CC1OCCC1C(=O)N1CCCN(CCN)CC1. The third kappa shape index (κ3) is 3.22. The van der Waals surface area contributed by atoms with Crippen molar-refractivity contribution in [2.75, 3.05) is 45.9 Å². The van der Waals surface area contributed by atoms with Crippen molar-refractivity contribution in [3.63, 3.8) is 0 Å². The minimum absolute atomic E-state index is 0.0751. The highest BCUT2D eigenvalue weighted by Crippen LogP contribution is 2.23. The molecule has 2 fully saturated rings. The van der Waals surface area contributed by atoms with Crippen LogP contribution in [0.2, 0.25) is 0 Å². The summed E-state index contributed by atoms with van der Waals surface area (Å²) in [5.74, 6) is 0.362.